The van der Waals surface area contributed by atoms with E-state index >= 15 is 0 Å². The van der Waals surface area contributed by atoms with Crippen LogP contribution in [0.5, 0.6) is 0 Å². The lowest BCUT2D eigenvalue weighted by Crippen LogP contribution is -2.45. The van der Waals surface area contributed by atoms with Gasteiger partial charge in [0, 0.05) is 19.0 Å². The first kappa shape index (κ1) is 18.6. The number of aliphatic carboxylic acids is 1. The van der Waals surface area contributed by atoms with E-state index in [1.54, 1.807) is 30.3 Å². The van der Waals surface area contributed by atoms with E-state index in [-0.39, 0.29) is 12.0 Å². The first-order valence-electron chi connectivity index (χ1n) is 7.80. The number of nitrogens with zero attached hydrogens (tertiary/aromatic N) is 1. The van der Waals surface area contributed by atoms with Crippen LogP contribution < -0.4 is 0 Å². The summed E-state index contributed by atoms with van der Waals surface area (Å²) in [5.41, 5.74) is 0.391. The third kappa shape index (κ3) is 4.21. The number of carboxylic acid groups (broad SMARTS) is 1. The van der Waals surface area contributed by atoms with Crippen LogP contribution in [0.15, 0.2) is 48.5 Å². The Morgan fingerprint density at radius 1 is 1.04 bits per heavy atom. The van der Waals surface area contributed by atoms with Gasteiger partial charge < -0.3 is 10.0 Å². The van der Waals surface area contributed by atoms with Gasteiger partial charge in [-0.2, -0.15) is 0 Å². The Labute approximate surface area is 144 Å². The fraction of sp³-hybridized carbons (Fsp3) is 0.263. The van der Waals surface area contributed by atoms with Crippen LogP contribution in [0.2, 0.25) is 0 Å². The van der Waals surface area contributed by atoms with E-state index in [1.807, 2.05) is 0 Å². The molecule has 1 N–H and O–H groups in total. The molecule has 2 unspecified atom stereocenters. The van der Waals surface area contributed by atoms with Gasteiger partial charge in [-0.25, -0.2) is 13.6 Å². The van der Waals surface area contributed by atoms with Crippen LogP contribution in [0, 0.1) is 11.6 Å². The summed E-state index contributed by atoms with van der Waals surface area (Å²) in [6, 6.07) is 11.1. The van der Waals surface area contributed by atoms with Crippen LogP contribution in [-0.4, -0.2) is 35.0 Å². The van der Waals surface area contributed by atoms with Crippen LogP contribution >= 0.6 is 0 Å². The highest BCUT2D eigenvalue weighted by molar-refractivity contribution is 5.88. The molecule has 2 aromatic carbocycles. The standard InChI is InChI=1S/C19H19F2NO3/c1-12(17-14(20)9-6-10-15(17)21)18(23)22(2)16(19(24)25)11-13-7-4-3-5-8-13/h3-10,12,16H,11H2,1-2H3,(H,24,25). The van der Waals surface area contributed by atoms with Gasteiger partial charge in [0.25, 0.3) is 0 Å². The third-order valence-corrected chi connectivity index (χ3v) is 4.18. The summed E-state index contributed by atoms with van der Waals surface area (Å²) in [4.78, 5) is 25.2. The zero-order chi connectivity index (χ0) is 18.6. The molecule has 0 saturated heterocycles. The van der Waals surface area contributed by atoms with E-state index in [2.05, 4.69) is 0 Å². The minimum atomic E-state index is -1.18. The molecule has 2 atom stereocenters. The predicted octanol–water partition coefficient (Wildman–Crippen LogP) is 3.22. The highest BCUT2D eigenvalue weighted by Crippen LogP contribution is 2.25. The van der Waals surface area contributed by atoms with Crippen LogP contribution in [0.25, 0.3) is 0 Å². The number of carbonyl (C=O) groups is 2. The Morgan fingerprint density at radius 2 is 1.60 bits per heavy atom. The van der Waals surface area contributed by atoms with Crippen molar-refractivity contribution >= 4 is 11.9 Å². The number of likely N-dealkylation sites (N-methyl/N-ethyl adjacent to an activating group) is 1. The lowest BCUT2D eigenvalue weighted by atomic mass is 9.96. The van der Waals surface area contributed by atoms with Crippen LogP contribution in [0.1, 0.15) is 24.0 Å². The van der Waals surface area contributed by atoms with Crippen LogP contribution in [0.3, 0.4) is 0 Å². The normalized spacial score (nSPS) is 13.1. The maximum atomic E-state index is 13.9. The molecule has 1 amide bonds. The second kappa shape index (κ2) is 7.88. The fourth-order valence-electron chi connectivity index (χ4n) is 2.73. The Kier molecular flexibility index (Phi) is 5.85. The van der Waals surface area contributed by atoms with Crippen molar-refractivity contribution in [3.8, 4) is 0 Å². The van der Waals surface area contributed by atoms with Crippen molar-refractivity contribution in [1.29, 1.82) is 0 Å². The molecule has 132 valence electrons. The molecule has 2 aromatic rings. The molecule has 0 aliphatic heterocycles. The Morgan fingerprint density at radius 3 is 2.12 bits per heavy atom. The second-order valence-electron chi connectivity index (χ2n) is 5.85. The smallest absolute Gasteiger partial charge is 0.326 e. The number of amides is 1. The highest BCUT2D eigenvalue weighted by atomic mass is 19.1. The topological polar surface area (TPSA) is 57.6 Å². The molecule has 2 rings (SSSR count). The maximum Gasteiger partial charge on any atom is 0.326 e. The van der Waals surface area contributed by atoms with Gasteiger partial charge in [-0.15, -0.1) is 0 Å². The average molecular weight is 347 g/mol. The minimum absolute atomic E-state index is 0.102. The molecular weight excluding hydrogens is 328 g/mol. The molecule has 0 spiro atoms. The summed E-state index contributed by atoms with van der Waals surface area (Å²) < 4.78 is 27.8. The van der Waals surface area contributed by atoms with E-state index in [4.69, 9.17) is 0 Å². The van der Waals surface area contributed by atoms with Crippen molar-refractivity contribution in [2.24, 2.45) is 0 Å². The number of carboxylic acids is 1. The van der Waals surface area contributed by atoms with Crippen LogP contribution in [0.4, 0.5) is 8.78 Å². The molecule has 0 fully saturated rings. The van der Waals surface area contributed by atoms with Crippen molar-refractivity contribution in [3.05, 3.63) is 71.3 Å². The van der Waals surface area contributed by atoms with Crippen molar-refractivity contribution in [2.75, 3.05) is 7.05 Å². The molecule has 0 saturated carbocycles. The van der Waals surface area contributed by atoms with Crippen molar-refractivity contribution in [3.63, 3.8) is 0 Å². The molecule has 0 heterocycles. The van der Waals surface area contributed by atoms with E-state index < -0.39 is 35.5 Å². The molecule has 4 nitrogen and oxygen atoms in total. The van der Waals surface area contributed by atoms with E-state index in [0.717, 1.165) is 22.6 Å². The SMILES string of the molecule is CC(C(=O)N(C)C(Cc1ccccc1)C(=O)O)c1c(F)cccc1F. The van der Waals surface area contributed by atoms with Gasteiger partial charge in [0.2, 0.25) is 5.91 Å². The molecule has 0 aliphatic carbocycles. The van der Waals surface area contributed by atoms with E-state index in [0.29, 0.717) is 0 Å². The van der Waals surface area contributed by atoms with Gasteiger partial charge in [0.15, 0.2) is 0 Å². The van der Waals surface area contributed by atoms with Gasteiger partial charge in [-0.1, -0.05) is 36.4 Å². The molecule has 0 radical (unpaired) electrons. The van der Waals surface area contributed by atoms with Gasteiger partial charge in [-0.05, 0) is 24.6 Å². The molecule has 25 heavy (non-hydrogen) atoms. The largest absolute Gasteiger partial charge is 0.480 e. The number of hydrogen-bond donors (Lipinski definition) is 1. The number of halogens is 2. The summed E-state index contributed by atoms with van der Waals surface area (Å²) in [5, 5.41) is 9.47. The second-order valence-corrected chi connectivity index (χ2v) is 5.85. The summed E-state index contributed by atoms with van der Waals surface area (Å²) >= 11 is 0. The van der Waals surface area contributed by atoms with Crippen LogP contribution in [-0.2, 0) is 16.0 Å². The third-order valence-electron chi connectivity index (χ3n) is 4.18. The zero-order valence-electron chi connectivity index (χ0n) is 13.9. The molecule has 6 heteroatoms. The average Bonchev–Trinajstić information content (AvgIpc) is 2.58. The molecule has 0 aromatic heterocycles. The summed E-state index contributed by atoms with van der Waals surface area (Å²) in [7, 11) is 1.33. The Balaban J connectivity index is 2.25. The Bertz CT molecular complexity index is 744. The van der Waals surface area contributed by atoms with Crippen molar-refractivity contribution in [1.82, 2.24) is 4.90 Å². The summed E-state index contributed by atoms with van der Waals surface area (Å²) in [6.45, 7) is 1.36. The first-order chi connectivity index (χ1) is 11.8. The number of hydrogen-bond acceptors (Lipinski definition) is 2. The Hall–Kier alpha value is -2.76. The van der Waals surface area contributed by atoms with Gasteiger partial charge in [0.1, 0.15) is 17.7 Å². The minimum Gasteiger partial charge on any atom is -0.480 e. The van der Waals surface area contributed by atoms with Gasteiger partial charge >= 0.3 is 5.97 Å². The fourth-order valence-corrected chi connectivity index (χ4v) is 2.73. The number of benzene rings is 2. The zero-order valence-corrected chi connectivity index (χ0v) is 13.9. The lowest BCUT2D eigenvalue weighted by Gasteiger charge is -2.28. The van der Waals surface area contributed by atoms with Gasteiger partial charge in [0.05, 0.1) is 5.92 Å². The van der Waals surface area contributed by atoms with E-state index in [1.165, 1.54) is 20.0 Å². The monoisotopic (exact) mass is 347 g/mol. The highest BCUT2D eigenvalue weighted by Gasteiger charge is 2.32. The number of carbonyl (C=O) groups excluding carboxylic acids is 1. The first-order valence-corrected chi connectivity index (χ1v) is 7.80. The number of rotatable bonds is 6. The predicted molar refractivity (Wildman–Crippen MR) is 89.1 cm³/mol. The van der Waals surface area contributed by atoms with Gasteiger partial charge in [-0.3, -0.25) is 4.79 Å². The molecule has 0 bridgehead atoms. The quantitative estimate of drug-likeness (QED) is 0.873. The molecule has 0 aliphatic rings. The lowest BCUT2D eigenvalue weighted by molar-refractivity contribution is -0.149. The molecular formula is C19H19F2NO3. The maximum absolute atomic E-state index is 13.9. The van der Waals surface area contributed by atoms with Crippen molar-refractivity contribution < 1.29 is 23.5 Å². The summed E-state index contributed by atoms with van der Waals surface area (Å²) in [6.07, 6.45) is 0.102. The summed E-state index contributed by atoms with van der Waals surface area (Å²) in [5.74, 6) is -4.63. The van der Waals surface area contributed by atoms with E-state index in [9.17, 15) is 23.5 Å². The van der Waals surface area contributed by atoms with Crippen molar-refractivity contribution in [2.45, 2.75) is 25.3 Å².